The Morgan fingerprint density at radius 3 is 2.52 bits per heavy atom. The molecule has 2 rings (SSSR count). The summed E-state index contributed by atoms with van der Waals surface area (Å²) in [6, 6.07) is 10.5. The monoisotopic (exact) mass is 286 g/mol. The first-order chi connectivity index (χ1) is 9.95. The number of hydrogen-bond acceptors (Lipinski definition) is 2. The van der Waals surface area contributed by atoms with Gasteiger partial charge in [0.05, 0.1) is 0 Å². The van der Waals surface area contributed by atoms with Crippen LogP contribution in [0, 0.1) is 19.7 Å². The third kappa shape index (κ3) is 4.05. The number of aryl methyl sites for hydroxylation is 2. The van der Waals surface area contributed by atoms with Gasteiger partial charge in [0.25, 0.3) is 0 Å². The Balaban J connectivity index is 2.13. The lowest BCUT2D eigenvalue weighted by atomic mass is 10.1. The van der Waals surface area contributed by atoms with Crippen LogP contribution in [0.25, 0.3) is 0 Å². The molecule has 3 nitrogen and oxygen atoms in total. The first kappa shape index (κ1) is 15.0. The van der Waals surface area contributed by atoms with Crippen LogP contribution in [0.2, 0.25) is 0 Å². The van der Waals surface area contributed by atoms with Crippen molar-refractivity contribution in [1.82, 2.24) is 0 Å². The molecule has 0 aliphatic rings. The van der Waals surface area contributed by atoms with Crippen LogP contribution in [-0.2, 0) is 11.3 Å². The minimum absolute atomic E-state index is 0.101. The minimum Gasteiger partial charge on any atom is -0.381 e. The molecule has 4 heteroatoms. The Hall–Kier alpha value is -2.36. The summed E-state index contributed by atoms with van der Waals surface area (Å²) in [4.78, 5) is 11.2. The molecule has 0 aromatic heterocycles. The van der Waals surface area contributed by atoms with E-state index >= 15 is 0 Å². The lowest BCUT2D eigenvalue weighted by Gasteiger charge is -2.12. The zero-order chi connectivity index (χ0) is 15.4. The molecule has 0 radical (unpaired) electrons. The highest BCUT2D eigenvalue weighted by Crippen LogP contribution is 2.21. The first-order valence-corrected chi connectivity index (χ1v) is 6.83. The number of hydrogen-bond donors (Lipinski definition) is 2. The molecule has 0 bridgehead atoms. The molecule has 2 N–H and O–H groups in total. The van der Waals surface area contributed by atoms with Crippen molar-refractivity contribution in [3.05, 3.63) is 58.9 Å². The Morgan fingerprint density at radius 2 is 1.81 bits per heavy atom. The van der Waals surface area contributed by atoms with Crippen LogP contribution in [0.15, 0.2) is 36.4 Å². The molecular formula is C17H19FN2O. The molecule has 0 saturated carbocycles. The lowest BCUT2D eigenvalue weighted by Crippen LogP contribution is -2.08. The summed E-state index contributed by atoms with van der Waals surface area (Å²) in [5, 5.41) is 6.05. The molecule has 0 unspecified atom stereocenters. The van der Waals surface area contributed by atoms with Crippen LogP contribution < -0.4 is 10.6 Å². The van der Waals surface area contributed by atoms with E-state index in [4.69, 9.17) is 0 Å². The number of amides is 1. The van der Waals surface area contributed by atoms with Crippen molar-refractivity contribution in [3.63, 3.8) is 0 Å². The predicted octanol–water partition coefficient (Wildman–Crippen LogP) is 4.01. The van der Waals surface area contributed by atoms with Crippen molar-refractivity contribution < 1.29 is 9.18 Å². The third-order valence-electron chi connectivity index (χ3n) is 3.34. The summed E-state index contributed by atoms with van der Waals surface area (Å²) in [7, 11) is 0. The van der Waals surface area contributed by atoms with Crippen molar-refractivity contribution in [3.8, 4) is 0 Å². The summed E-state index contributed by atoms with van der Waals surface area (Å²) in [6.45, 7) is 5.90. The van der Waals surface area contributed by atoms with Crippen LogP contribution >= 0.6 is 0 Å². The van der Waals surface area contributed by atoms with E-state index in [1.54, 1.807) is 6.07 Å². The number of anilines is 2. The van der Waals surface area contributed by atoms with Crippen molar-refractivity contribution in [2.24, 2.45) is 0 Å². The number of nitrogens with one attached hydrogen (secondary N) is 2. The Bertz CT molecular complexity index is 668. The van der Waals surface area contributed by atoms with Gasteiger partial charge in [0.2, 0.25) is 5.91 Å². The van der Waals surface area contributed by atoms with E-state index < -0.39 is 0 Å². The van der Waals surface area contributed by atoms with Crippen molar-refractivity contribution in [1.29, 1.82) is 0 Å². The van der Waals surface area contributed by atoms with E-state index in [2.05, 4.69) is 10.6 Å². The average Bonchev–Trinajstić information content (AvgIpc) is 2.42. The van der Waals surface area contributed by atoms with Crippen molar-refractivity contribution >= 4 is 17.3 Å². The van der Waals surface area contributed by atoms with E-state index in [-0.39, 0.29) is 11.7 Å². The van der Waals surface area contributed by atoms with Crippen LogP contribution in [-0.4, -0.2) is 5.91 Å². The van der Waals surface area contributed by atoms with Crippen LogP contribution in [0.4, 0.5) is 15.8 Å². The second kappa shape index (κ2) is 6.39. The molecule has 0 heterocycles. The van der Waals surface area contributed by atoms with Gasteiger partial charge in [-0.2, -0.15) is 0 Å². The highest BCUT2D eigenvalue weighted by molar-refractivity contribution is 5.90. The van der Waals surface area contributed by atoms with Crippen LogP contribution in [0.1, 0.15) is 23.6 Å². The second-order valence-corrected chi connectivity index (χ2v) is 5.14. The quantitative estimate of drug-likeness (QED) is 0.891. The summed E-state index contributed by atoms with van der Waals surface area (Å²) in [6.07, 6.45) is 0. The van der Waals surface area contributed by atoms with E-state index in [0.29, 0.717) is 6.54 Å². The van der Waals surface area contributed by atoms with Crippen LogP contribution in [0.3, 0.4) is 0 Å². The number of carbonyl (C=O) groups is 1. The average molecular weight is 286 g/mol. The summed E-state index contributed by atoms with van der Waals surface area (Å²) in [5.74, 6) is -0.337. The third-order valence-corrected chi connectivity index (χ3v) is 3.34. The fraction of sp³-hybridized carbons (Fsp3) is 0.235. The molecule has 21 heavy (non-hydrogen) atoms. The maximum atomic E-state index is 13.3. The topological polar surface area (TPSA) is 41.1 Å². The maximum Gasteiger partial charge on any atom is 0.221 e. The normalized spacial score (nSPS) is 10.3. The minimum atomic E-state index is -0.236. The summed E-state index contributed by atoms with van der Waals surface area (Å²) < 4.78 is 13.3. The molecule has 0 aliphatic heterocycles. The van der Waals surface area contributed by atoms with Gasteiger partial charge in [-0.1, -0.05) is 12.1 Å². The van der Waals surface area contributed by atoms with Crippen molar-refractivity contribution in [2.75, 3.05) is 10.6 Å². The molecule has 0 aliphatic carbocycles. The molecule has 110 valence electrons. The van der Waals surface area contributed by atoms with Gasteiger partial charge in [0.1, 0.15) is 5.82 Å². The SMILES string of the molecule is CC(=O)Nc1cc(NCc2cc(F)ccc2C)ccc1C. The number of halogens is 1. The molecule has 2 aromatic carbocycles. The Kier molecular flexibility index (Phi) is 4.58. The van der Waals surface area contributed by atoms with Gasteiger partial charge in [-0.05, 0) is 54.8 Å². The number of carbonyl (C=O) groups excluding carboxylic acids is 1. The smallest absolute Gasteiger partial charge is 0.221 e. The van der Waals surface area contributed by atoms with E-state index in [0.717, 1.165) is 28.1 Å². The van der Waals surface area contributed by atoms with Gasteiger partial charge >= 0.3 is 0 Å². The lowest BCUT2D eigenvalue weighted by molar-refractivity contribution is -0.114. The molecule has 2 aromatic rings. The summed E-state index contributed by atoms with van der Waals surface area (Å²) >= 11 is 0. The predicted molar refractivity (Wildman–Crippen MR) is 83.9 cm³/mol. The zero-order valence-electron chi connectivity index (χ0n) is 12.5. The summed E-state index contributed by atoms with van der Waals surface area (Å²) in [5.41, 5.74) is 4.61. The fourth-order valence-electron chi connectivity index (χ4n) is 2.08. The maximum absolute atomic E-state index is 13.3. The molecule has 0 saturated heterocycles. The standard InChI is InChI=1S/C17H19FN2O/c1-11-4-6-15(18)8-14(11)10-19-16-7-5-12(2)17(9-16)20-13(3)21/h4-9,19H,10H2,1-3H3,(H,20,21). The first-order valence-electron chi connectivity index (χ1n) is 6.83. The van der Waals surface area contributed by atoms with Gasteiger partial charge in [-0.25, -0.2) is 4.39 Å². The van der Waals surface area contributed by atoms with Gasteiger partial charge < -0.3 is 10.6 Å². The Labute approximate surface area is 124 Å². The number of benzene rings is 2. The number of rotatable bonds is 4. The van der Waals surface area contributed by atoms with Gasteiger partial charge in [-0.3, -0.25) is 4.79 Å². The van der Waals surface area contributed by atoms with E-state index in [9.17, 15) is 9.18 Å². The zero-order valence-corrected chi connectivity index (χ0v) is 12.5. The Morgan fingerprint density at radius 1 is 1.10 bits per heavy atom. The van der Waals surface area contributed by atoms with Crippen molar-refractivity contribution in [2.45, 2.75) is 27.3 Å². The molecule has 0 atom stereocenters. The highest BCUT2D eigenvalue weighted by Gasteiger charge is 2.04. The second-order valence-electron chi connectivity index (χ2n) is 5.14. The molecular weight excluding hydrogens is 267 g/mol. The highest BCUT2D eigenvalue weighted by atomic mass is 19.1. The largest absolute Gasteiger partial charge is 0.381 e. The van der Waals surface area contributed by atoms with Gasteiger partial charge in [0.15, 0.2) is 0 Å². The molecule has 0 fully saturated rings. The van der Waals surface area contributed by atoms with E-state index in [1.807, 2.05) is 32.0 Å². The van der Waals surface area contributed by atoms with E-state index in [1.165, 1.54) is 19.1 Å². The van der Waals surface area contributed by atoms with Crippen LogP contribution in [0.5, 0.6) is 0 Å². The fourth-order valence-corrected chi connectivity index (χ4v) is 2.08. The molecule has 0 spiro atoms. The molecule has 1 amide bonds. The van der Waals surface area contributed by atoms with Gasteiger partial charge in [-0.15, -0.1) is 0 Å². The van der Waals surface area contributed by atoms with Gasteiger partial charge in [0, 0.05) is 24.8 Å².